The third kappa shape index (κ3) is 12.5. The number of hydrogen-bond donors (Lipinski definition) is 19. The minimum Gasteiger partial charge on any atom is -0.432 e. The van der Waals surface area contributed by atoms with Gasteiger partial charge in [0, 0.05) is 11.3 Å². The van der Waals surface area contributed by atoms with Crippen molar-refractivity contribution in [2.45, 2.75) is 277 Å². The Labute approximate surface area is 548 Å². The Bertz CT molecular complexity index is 2700. The highest BCUT2D eigenvalue weighted by Crippen LogP contribution is 2.76. The molecule has 6 heterocycles. The Morgan fingerprint density at radius 1 is 0.547 bits per heavy atom. The fraction of sp³-hybridized carbons (Fsp3) is 0.952. The SMILES string of the molecule is CC1OC(OC2C(OC(=O)C34CCC(C)(C)CC3C3=CCC5C6(C)CC(O)C(OC7OC(COC8OC(CO)C(O)C(O)C8O)C(O)C(O)C7O)C(C)(CO)C6C(O)CC5(C)C3(C)CC4)OCC(O)C2O)C(O)C(O)C1OC1OCC(O)C(OC2OCC(O)(CO)C2O)C1O. The van der Waals surface area contributed by atoms with E-state index in [4.69, 9.17) is 56.8 Å². The summed E-state index contributed by atoms with van der Waals surface area (Å²) in [6.45, 7) is 9.20. The summed E-state index contributed by atoms with van der Waals surface area (Å²) in [5.74, 6) is -2.16. The number of allylic oxidation sites excluding steroid dienone is 2. The quantitative estimate of drug-likeness (QED) is 0.0388. The lowest BCUT2D eigenvalue weighted by Gasteiger charge is -2.72. The fourth-order valence-electron chi connectivity index (χ4n) is 18.8. The van der Waals surface area contributed by atoms with Crippen LogP contribution >= 0.6 is 0 Å². The van der Waals surface area contributed by atoms with Crippen molar-refractivity contribution in [3.8, 4) is 0 Å². The fourth-order valence-corrected chi connectivity index (χ4v) is 18.8. The summed E-state index contributed by atoms with van der Waals surface area (Å²) in [5.41, 5.74) is -6.39. The van der Waals surface area contributed by atoms with Crippen molar-refractivity contribution in [1.82, 2.24) is 0 Å². The highest BCUT2D eigenvalue weighted by molar-refractivity contribution is 5.79. The Balaban J connectivity index is 0.784. The Morgan fingerprint density at radius 3 is 1.81 bits per heavy atom. The van der Waals surface area contributed by atoms with Gasteiger partial charge in [-0.1, -0.05) is 53.2 Å². The van der Waals surface area contributed by atoms with E-state index in [2.05, 4.69) is 33.8 Å². The van der Waals surface area contributed by atoms with E-state index < -0.39 is 269 Å². The molecule has 95 heavy (non-hydrogen) atoms. The van der Waals surface area contributed by atoms with Gasteiger partial charge in [-0.05, 0) is 91.8 Å². The zero-order chi connectivity index (χ0) is 69.4. The van der Waals surface area contributed by atoms with Gasteiger partial charge >= 0.3 is 5.97 Å². The number of carbonyl (C=O) groups is 1. The molecule has 0 aromatic heterocycles. The standard InChI is InChI=1S/C63H102O32/c1-24-44(91-51-43(80)45(30(70)19-84-51)92-55-48(81)63(83,22-66)23-87-55)39(76)42(79)52(88-24)93-46-34(71)29(69)18-85-54(46)95-56(82)62-12-10-57(2,3)14-26(62)25-8-9-33-58(4)15-28(68)49(59(5,21-65)47(58)27(67)16-61(33,7)60(25,6)11-13-62)94-53-41(78)38(75)36(73)32(90-53)20-86-50-40(77)37(74)35(72)31(17-64)89-50/h8,24,26-55,64-81,83H,9-23H2,1-7H3. The third-order valence-electron chi connectivity index (χ3n) is 24.5. The molecule has 0 amide bonds. The topological polar surface area (TPSA) is 512 Å². The molecule has 0 aromatic rings. The molecule has 19 N–H and O–H groups in total. The third-order valence-corrected chi connectivity index (χ3v) is 24.5. The van der Waals surface area contributed by atoms with Gasteiger partial charge in [-0.3, -0.25) is 4.79 Å². The lowest BCUT2D eigenvalue weighted by atomic mass is 9.33. The first-order chi connectivity index (χ1) is 44.5. The maximum Gasteiger partial charge on any atom is 0.315 e. The number of ether oxygens (including phenoxy) is 12. The first kappa shape index (κ1) is 74.2. The molecule has 32 heteroatoms. The van der Waals surface area contributed by atoms with Gasteiger partial charge < -0.3 is 154 Å². The summed E-state index contributed by atoms with van der Waals surface area (Å²) in [6.07, 6.45) is -41.1. The molecule has 11 rings (SSSR count). The average Bonchev–Trinajstić information content (AvgIpc) is 0.845. The summed E-state index contributed by atoms with van der Waals surface area (Å²) >= 11 is 0. The number of esters is 1. The van der Waals surface area contributed by atoms with Crippen LogP contribution in [-0.2, 0) is 61.6 Å². The van der Waals surface area contributed by atoms with E-state index in [1.54, 1.807) is 6.92 Å². The van der Waals surface area contributed by atoms with Gasteiger partial charge in [0.1, 0.15) is 109 Å². The van der Waals surface area contributed by atoms with Crippen molar-refractivity contribution in [3.63, 3.8) is 0 Å². The number of aliphatic hydroxyl groups is 19. The zero-order valence-corrected chi connectivity index (χ0v) is 54.4. The minimum atomic E-state index is -2.08. The molecule has 6 saturated heterocycles. The van der Waals surface area contributed by atoms with Crippen LogP contribution in [0, 0.1) is 50.2 Å². The number of fused-ring (bicyclic) bond motifs is 7. The predicted molar refractivity (Wildman–Crippen MR) is 313 cm³/mol. The van der Waals surface area contributed by atoms with Gasteiger partial charge in [0.05, 0.1) is 76.1 Å². The van der Waals surface area contributed by atoms with Crippen LogP contribution in [0.5, 0.6) is 0 Å². The van der Waals surface area contributed by atoms with Crippen LogP contribution < -0.4 is 0 Å². The van der Waals surface area contributed by atoms with Crippen molar-refractivity contribution < 1.29 is 159 Å². The minimum absolute atomic E-state index is 0.0199. The van der Waals surface area contributed by atoms with E-state index in [1.807, 2.05) is 6.92 Å². The molecule has 37 atom stereocenters. The second-order valence-electron chi connectivity index (χ2n) is 30.9. The van der Waals surface area contributed by atoms with E-state index >= 15 is 4.79 Å². The predicted octanol–water partition coefficient (Wildman–Crippen LogP) is -6.53. The van der Waals surface area contributed by atoms with Gasteiger partial charge in [0.15, 0.2) is 37.6 Å². The van der Waals surface area contributed by atoms with Crippen molar-refractivity contribution >= 4 is 5.97 Å². The summed E-state index contributed by atoms with van der Waals surface area (Å²) in [4.78, 5) is 15.5. The molecule has 0 spiro atoms. The molecular formula is C63H102O32. The summed E-state index contributed by atoms with van der Waals surface area (Å²) < 4.78 is 70.3. The van der Waals surface area contributed by atoms with Gasteiger partial charge in [0.2, 0.25) is 6.29 Å². The molecule has 10 fully saturated rings. The van der Waals surface area contributed by atoms with Crippen LogP contribution in [0.2, 0.25) is 0 Å². The van der Waals surface area contributed by atoms with Crippen molar-refractivity contribution in [1.29, 1.82) is 0 Å². The smallest absolute Gasteiger partial charge is 0.315 e. The molecule has 11 aliphatic rings. The van der Waals surface area contributed by atoms with Gasteiger partial charge in [-0.15, -0.1) is 0 Å². The van der Waals surface area contributed by atoms with E-state index in [0.29, 0.717) is 32.1 Å². The number of aliphatic hydroxyl groups excluding tert-OH is 18. The molecule has 5 aliphatic carbocycles. The van der Waals surface area contributed by atoms with Gasteiger partial charge in [-0.2, -0.15) is 0 Å². The van der Waals surface area contributed by atoms with Crippen LogP contribution in [0.1, 0.15) is 99.8 Å². The number of carbonyl (C=O) groups excluding carboxylic acids is 1. The molecule has 0 bridgehead atoms. The lowest BCUT2D eigenvalue weighted by molar-refractivity contribution is -0.372. The van der Waals surface area contributed by atoms with Crippen molar-refractivity contribution in [2.75, 3.05) is 46.2 Å². The van der Waals surface area contributed by atoms with Crippen LogP contribution in [0.3, 0.4) is 0 Å². The summed E-state index contributed by atoms with van der Waals surface area (Å²) in [6, 6.07) is 0. The van der Waals surface area contributed by atoms with E-state index in [1.165, 1.54) is 6.92 Å². The highest BCUT2D eigenvalue weighted by atomic mass is 16.8. The average molecular weight is 1370 g/mol. The number of rotatable bonds is 16. The molecule has 37 unspecified atom stereocenters. The van der Waals surface area contributed by atoms with Gasteiger partial charge in [-0.25, -0.2) is 0 Å². The van der Waals surface area contributed by atoms with E-state index in [9.17, 15) is 97.0 Å². The van der Waals surface area contributed by atoms with Crippen LogP contribution in [0.25, 0.3) is 0 Å². The lowest BCUT2D eigenvalue weighted by Crippen LogP contribution is -2.72. The second kappa shape index (κ2) is 27.3. The first-order valence-corrected chi connectivity index (χ1v) is 33.2. The van der Waals surface area contributed by atoms with Crippen molar-refractivity contribution in [3.05, 3.63) is 11.6 Å². The van der Waals surface area contributed by atoms with E-state index in [-0.39, 0.29) is 30.6 Å². The van der Waals surface area contributed by atoms with Gasteiger partial charge in [0.25, 0.3) is 0 Å². The second-order valence-corrected chi connectivity index (χ2v) is 30.9. The summed E-state index contributed by atoms with van der Waals surface area (Å²) in [7, 11) is 0. The molecule has 4 saturated carbocycles. The highest BCUT2D eigenvalue weighted by Gasteiger charge is 2.74. The summed E-state index contributed by atoms with van der Waals surface area (Å²) in [5, 5.41) is 210. The first-order valence-electron chi connectivity index (χ1n) is 33.2. The molecule has 0 aromatic carbocycles. The van der Waals surface area contributed by atoms with Crippen LogP contribution in [0.4, 0.5) is 0 Å². The van der Waals surface area contributed by atoms with Crippen molar-refractivity contribution in [2.24, 2.45) is 50.2 Å². The monoisotopic (exact) mass is 1370 g/mol. The molecule has 32 nitrogen and oxygen atoms in total. The largest absolute Gasteiger partial charge is 0.432 e. The maximum absolute atomic E-state index is 15.5. The van der Waals surface area contributed by atoms with Crippen LogP contribution in [0.15, 0.2) is 11.6 Å². The normalized spacial score (nSPS) is 55.5. The van der Waals surface area contributed by atoms with Crippen LogP contribution in [-0.4, -0.2) is 327 Å². The molecule has 6 aliphatic heterocycles. The van der Waals surface area contributed by atoms with E-state index in [0.717, 1.165) is 5.57 Å². The molecular weight excluding hydrogens is 1270 g/mol. The molecule has 0 radical (unpaired) electrons. The maximum atomic E-state index is 15.5. The zero-order valence-electron chi connectivity index (χ0n) is 54.4. The Kier molecular flexibility index (Phi) is 21.3. The Hall–Kier alpha value is -1.99. The Morgan fingerprint density at radius 2 is 1.15 bits per heavy atom. The number of hydrogen-bond acceptors (Lipinski definition) is 32. The molecule has 546 valence electrons.